The third-order valence-corrected chi connectivity index (χ3v) is 4.29. The molecule has 2 aromatic heterocycles. The molecule has 0 aliphatic carbocycles. The lowest BCUT2D eigenvalue weighted by Crippen LogP contribution is -2.24. The summed E-state index contributed by atoms with van der Waals surface area (Å²) >= 11 is 0. The van der Waals surface area contributed by atoms with Gasteiger partial charge in [-0.05, 0) is 32.0 Å². The summed E-state index contributed by atoms with van der Waals surface area (Å²) < 4.78 is 3.59. The summed E-state index contributed by atoms with van der Waals surface area (Å²) in [6.07, 6.45) is 0. The highest BCUT2D eigenvalue weighted by Crippen LogP contribution is 2.28. The first-order valence-corrected chi connectivity index (χ1v) is 7.78. The molecule has 4 heteroatoms. The summed E-state index contributed by atoms with van der Waals surface area (Å²) in [5, 5.41) is 6.61. The second-order valence-corrected chi connectivity index (χ2v) is 5.62. The standard InChI is InChI=1S/C19H17N3O/c1-3-21-16-12-8-7-11-15(16)17-13(2)20-22(19(23)18(17)21)14-9-5-4-6-10-14/h4-12H,3H2,1-2H3. The fourth-order valence-electron chi connectivity index (χ4n) is 3.31. The van der Waals surface area contributed by atoms with Gasteiger partial charge >= 0.3 is 0 Å². The molecular formula is C19H17N3O. The predicted molar refractivity (Wildman–Crippen MR) is 93.2 cm³/mol. The lowest BCUT2D eigenvalue weighted by Gasteiger charge is -2.08. The highest BCUT2D eigenvalue weighted by molar-refractivity contribution is 6.08. The monoisotopic (exact) mass is 303 g/mol. The Balaban J connectivity index is 2.22. The van der Waals surface area contributed by atoms with Crippen LogP contribution in [0.15, 0.2) is 59.4 Å². The van der Waals surface area contributed by atoms with Crippen LogP contribution in [-0.4, -0.2) is 14.3 Å². The maximum atomic E-state index is 13.1. The molecule has 0 aliphatic rings. The van der Waals surface area contributed by atoms with Crippen LogP contribution in [0.3, 0.4) is 0 Å². The number of para-hydroxylation sites is 2. The number of nitrogens with zero attached hydrogens (tertiary/aromatic N) is 3. The molecule has 0 atom stereocenters. The molecule has 0 saturated carbocycles. The minimum absolute atomic E-state index is 0.0742. The average molecular weight is 303 g/mol. The van der Waals surface area contributed by atoms with E-state index in [4.69, 9.17) is 0 Å². The molecule has 0 unspecified atom stereocenters. The Morgan fingerprint density at radius 2 is 1.70 bits per heavy atom. The zero-order valence-electron chi connectivity index (χ0n) is 13.2. The van der Waals surface area contributed by atoms with E-state index in [1.165, 1.54) is 4.68 Å². The molecule has 0 radical (unpaired) electrons. The normalized spacial score (nSPS) is 11.4. The number of benzene rings is 2. The maximum Gasteiger partial charge on any atom is 0.296 e. The quantitative estimate of drug-likeness (QED) is 0.567. The van der Waals surface area contributed by atoms with E-state index in [0.717, 1.165) is 39.7 Å². The number of rotatable bonds is 2. The van der Waals surface area contributed by atoms with Gasteiger partial charge in [0.2, 0.25) is 0 Å². The summed E-state index contributed by atoms with van der Waals surface area (Å²) in [5.74, 6) is 0. The van der Waals surface area contributed by atoms with E-state index in [1.807, 2.05) is 49.4 Å². The number of aryl methyl sites for hydroxylation is 2. The molecule has 114 valence electrons. The zero-order chi connectivity index (χ0) is 16.0. The average Bonchev–Trinajstić information content (AvgIpc) is 2.94. The zero-order valence-corrected chi connectivity index (χ0v) is 13.2. The Kier molecular flexibility index (Phi) is 3.05. The van der Waals surface area contributed by atoms with Crippen LogP contribution in [0, 0.1) is 6.92 Å². The van der Waals surface area contributed by atoms with Crippen molar-refractivity contribution in [1.29, 1.82) is 0 Å². The van der Waals surface area contributed by atoms with Crippen molar-refractivity contribution in [3.8, 4) is 5.69 Å². The molecule has 0 bridgehead atoms. The Morgan fingerprint density at radius 3 is 2.43 bits per heavy atom. The molecular weight excluding hydrogens is 286 g/mol. The number of fused-ring (bicyclic) bond motifs is 3. The van der Waals surface area contributed by atoms with Crippen molar-refractivity contribution in [2.24, 2.45) is 0 Å². The summed E-state index contributed by atoms with van der Waals surface area (Å²) in [6.45, 7) is 4.78. The van der Waals surface area contributed by atoms with E-state index in [1.54, 1.807) is 0 Å². The Labute approximate surface area is 133 Å². The van der Waals surface area contributed by atoms with Gasteiger partial charge < -0.3 is 4.57 Å². The van der Waals surface area contributed by atoms with Crippen molar-refractivity contribution in [2.75, 3.05) is 0 Å². The SMILES string of the molecule is CCn1c2ccccc2c2c(C)nn(-c3ccccc3)c(=O)c21. The molecule has 4 rings (SSSR count). The van der Waals surface area contributed by atoms with Gasteiger partial charge in [0.25, 0.3) is 5.56 Å². The second kappa shape index (κ2) is 5.09. The smallest absolute Gasteiger partial charge is 0.296 e. The van der Waals surface area contributed by atoms with Crippen molar-refractivity contribution in [2.45, 2.75) is 20.4 Å². The van der Waals surface area contributed by atoms with Gasteiger partial charge in [-0.15, -0.1) is 0 Å². The van der Waals surface area contributed by atoms with Gasteiger partial charge in [-0.2, -0.15) is 9.78 Å². The fraction of sp³-hybridized carbons (Fsp3) is 0.158. The van der Waals surface area contributed by atoms with E-state index in [9.17, 15) is 4.79 Å². The molecule has 0 aliphatic heterocycles. The third kappa shape index (κ3) is 1.91. The van der Waals surface area contributed by atoms with Gasteiger partial charge in [0.1, 0.15) is 5.52 Å². The topological polar surface area (TPSA) is 39.8 Å². The van der Waals surface area contributed by atoms with E-state index in [2.05, 4.69) is 28.7 Å². The van der Waals surface area contributed by atoms with Crippen LogP contribution >= 0.6 is 0 Å². The van der Waals surface area contributed by atoms with Crippen molar-refractivity contribution >= 4 is 21.8 Å². The Bertz CT molecular complexity index is 1070. The second-order valence-electron chi connectivity index (χ2n) is 5.62. The van der Waals surface area contributed by atoms with E-state index in [-0.39, 0.29) is 5.56 Å². The van der Waals surface area contributed by atoms with Crippen LogP contribution in [0.4, 0.5) is 0 Å². The van der Waals surface area contributed by atoms with Crippen molar-refractivity contribution < 1.29 is 0 Å². The van der Waals surface area contributed by atoms with Crippen LogP contribution in [0.1, 0.15) is 12.6 Å². The first-order valence-electron chi connectivity index (χ1n) is 7.78. The predicted octanol–water partition coefficient (Wildman–Crippen LogP) is 3.67. The van der Waals surface area contributed by atoms with Gasteiger partial charge in [-0.3, -0.25) is 4.79 Å². The molecule has 0 N–H and O–H groups in total. The largest absolute Gasteiger partial charge is 0.336 e. The molecule has 0 saturated heterocycles. The minimum atomic E-state index is -0.0742. The van der Waals surface area contributed by atoms with Crippen LogP contribution in [0.5, 0.6) is 0 Å². The summed E-state index contributed by atoms with van der Waals surface area (Å²) in [5.41, 5.74) is 3.39. The summed E-state index contributed by atoms with van der Waals surface area (Å²) in [7, 11) is 0. The van der Waals surface area contributed by atoms with Gasteiger partial charge in [-0.1, -0.05) is 36.4 Å². The number of aromatic nitrogens is 3. The fourth-order valence-corrected chi connectivity index (χ4v) is 3.31. The Hall–Kier alpha value is -2.88. The first kappa shape index (κ1) is 13.8. The maximum absolute atomic E-state index is 13.1. The molecule has 0 spiro atoms. The number of hydrogen-bond acceptors (Lipinski definition) is 2. The van der Waals surface area contributed by atoms with Crippen molar-refractivity contribution in [3.05, 3.63) is 70.6 Å². The van der Waals surface area contributed by atoms with Crippen molar-refractivity contribution in [1.82, 2.24) is 14.3 Å². The molecule has 0 fully saturated rings. The molecule has 2 aromatic carbocycles. The van der Waals surface area contributed by atoms with Crippen LogP contribution in [-0.2, 0) is 6.54 Å². The summed E-state index contributed by atoms with van der Waals surface area (Å²) in [6, 6.07) is 17.7. The Morgan fingerprint density at radius 1 is 1.00 bits per heavy atom. The van der Waals surface area contributed by atoms with E-state index >= 15 is 0 Å². The van der Waals surface area contributed by atoms with Gasteiger partial charge in [0.05, 0.1) is 11.4 Å². The van der Waals surface area contributed by atoms with Crippen molar-refractivity contribution in [3.63, 3.8) is 0 Å². The molecule has 4 nitrogen and oxygen atoms in total. The molecule has 2 heterocycles. The highest BCUT2D eigenvalue weighted by Gasteiger charge is 2.17. The van der Waals surface area contributed by atoms with Crippen LogP contribution < -0.4 is 5.56 Å². The summed E-state index contributed by atoms with van der Waals surface area (Å²) in [4.78, 5) is 13.1. The first-order chi connectivity index (χ1) is 11.2. The van der Waals surface area contributed by atoms with Crippen LogP contribution in [0.2, 0.25) is 0 Å². The van der Waals surface area contributed by atoms with Gasteiger partial charge in [0.15, 0.2) is 0 Å². The van der Waals surface area contributed by atoms with Crippen LogP contribution in [0.25, 0.3) is 27.5 Å². The molecule has 4 aromatic rings. The van der Waals surface area contributed by atoms with E-state index < -0.39 is 0 Å². The lowest BCUT2D eigenvalue weighted by molar-refractivity contribution is 0.772. The third-order valence-electron chi connectivity index (χ3n) is 4.29. The molecule has 23 heavy (non-hydrogen) atoms. The number of hydrogen-bond donors (Lipinski definition) is 0. The highest BCUT2D eigenvalue weighted by atomic mass is 16.1. The minimum Gasteiger partial charge on any atom is -0.336 e. The van der Waals surface area contributed by atoms with E-state index in [0.29, 0.717) is 0 Å². The van der Waals surface area contributed by atoms with Gasteiger partial charge in [0, 0.05) is 22.8 Å². The molecule has 0 amide bonds. The van der Waals surface area contributed by atoms with Gasteiger partial charge in [-0.25, -0.2) is 0 Å². The lowest BCUT2D eigenvalue weighted by atomic mass is 10.1.